The zero-order valence-electron chi connectivity index (χ0n) is 13.5. The van der Waals surface area contributed by atoms with Crippen molar-refractivity contribution in [2.75, 3.05) is 18.9 Å². The van der Waals surface area contributed by atoms with Crippen LogP contribution in [0.4, 0.5) is 18.9 Å². The van der Waals surface area contributed by atoms with Gasteiger partial charge in [-0.05, 0) is 43.8 Å². The van der Waals surface area contributed by atoms with Gasteiger partial charge in [0.1, 0.15) is 0 Å². The van der Waals surface area contributed by atoms with Gasteiger partial charge in [-0.15, -0.1) is 0 Å². The van der Waals surface area contributed by atoms with Gasteiger partial charge in [0.2, 0.25) is 5.91 Å². The fourth-order valence-corrected chi connectivity index (χ4v) is 2.25. The second-order valence-corrected chi connectivity index (χ2v) is 5.78. The van der Waals surface area contributed by atoms with Gasteiger partial charge in [-0.1, -0.05) is 29.8 Å². The number of amides is 1. The number of hydrogen-bond acceptors (Lipinski definition) is 2. The van der Waals surface area contributed by atoms with Crippen LogP contribution in [0.1, 0.15) is 16.7 Å². The van der Waals surface area contributed by atoms with Gasteiger partial charge in [0.05, 0.1) is 12.1 Å². The third-order valence-electron chi connectivity index (χ3n) is 3.48. The summed E-state index contributed by atoms with van der Waals surface area (Å²) in [5, 5.41) is 2.60. The van der Waals surface area contributed by atoms with Crippen molar-refractivity contribution in [3.05, 3.63) is 65.2 Å². The van der Waals surface area contributed by atoms with E-state index in [1.165, 1.54) is 17.7 Å². The Bertz CT molecular complexity index is 679. The first-order valence-electron chi connectivity index (χ1n) is 7.45. The monoisotopic (exact) mass is 336 g/mol. The zero-order chi connectivity index (χ0) is 17.7. The Balaban J connectivity index is 1.87. The first kappa shape index (κ1) is 18.0. The highest BCUT2D eigenvalue weighted by atomic mass is 19.4. The second kappa shape index (κ2) is 7.49. The van der Waals surface area contributed by atoms with Crippen LogP contribution >= 0.6 is 0 Å². The SMILES string of the molecule is Cc1ccc(CN(C)CC(=O)Nc2ccc(C(F)(F)F)cc2)cc1. The summed E-state index contributed by atoms with van der Waals surface area (Å²) in [7, 11) is 1.81. The van der Waals surface area contributed by atoms with E-state index in [9.17, 15) is 18.0 Å². The Morgan fingerprint density at radius 1 is 1.04 bits per heavy atom. The smallest absolute Gasteiger partial charge is 0.325 e. The maximum atomic E-state index is 12.5. The summed E-state index contributed by atoms with van der Waals surface area (Å²) >= 11 is 0. The van der Waals surface area contributed by atoms with Crippen molar-refractivity contribution in [2.24, 2.45) is 0 Å². The molecule has 0 atom stereocenters. The van der Waals surface area contributed by atoms with E-state index in [2.05, 4.69) is 5.32 Å². The first-order valence-corrected chi connectivity index (χ1v) is 7.45. The molecule has 0 aromatic heterocycles. The molecule has 0 fully saturated rings. The summed E-state index contributed by atoms with van der Waals surface area (Å²) in [5.74, 6) is -0.274. The molecule has 6 heteroatoms. The van der Waals surface area contributed by atoms with Crippen LogP contribution < -0.4 is 5.32 Å². The third-order valence-corrected chi connectivity index (χ3v) is 3.48. The van der Waals surface area contributed by atoms with Gasteiger partial charge in [-0.2, -0.15) is 13.2 Å². The Morgan fingerprint density at radius 3 is 2.17 bits per heavy atom. The van der Waals surface area contributed by atoms with Gasteiger partial charge in [-0.25, -0.2) is 0 Å². The van der Waals surface area contributed by atoms with E-state index >= 15 is 0 Å². The van der Waals surface area contributed by atoms with E-state index in [1.807, 2.05) is 43.1 Å². The molecule has 1 amide bonds. The summed E-state index contributed by atoms with van der Waals surface area (Å²) < 4.78 is 37.5. The van der Waals surface area contributed by atoms with Crippen LogP contribution in [0, 0.1) is 6.92 Å². The number of likely N-dealkylation sites (N-methyl/N-ethyl adjacent to an activating group) is 1. The van der Waals surface area contributed by atoms with Crippen molar-refractivity contribution < 1.29 is 18.0 Å². The Morgan fingerprint density at radius 2 is 1.62 bits per heavy atom. The molecule has 0 unspecified atom stereocenters. The number of benzene rings is 2. The van der Waals surface area contributed by atoms with Crippen LogP contribution in [0.25, 0.3) is 0 Å². The van der Waals surface area contributed by atoms with Gasteiger partial charge in [0.15, 0.2) is 0 Å². The van der Waals surface area contributed by atoms with E-state index in [0.717, 1.165) is 17.7 Å². The second-order valence-electron chi connectivity index (χ2n) is 5.78. The fourth-order valence-electron chi connectivity index (χ4n) is 2.25. The lowest BCUT2D eigenvalue weighted by molar-refractivity contribution is -0.137. The molecule has 0 aliphatic heterocycles. The number of anilines is 1. The van der Waals surface area contributed by atoms with Crippen molar-refractivity contribution in [2.45, 2.75) is 19.6 Å². The molecule has 0 aliphatic rings. The lowest BCUT2D eigenvalue weighted by Gasteiger charge is -2.16. The van der Waals surface area contributed by atoms with Gasteiger partial charge < -0.3 is 5.32 Å². The molecule has 0 heterocycles. The minimum atomic E-state index is -4.38. The summed E-state index contributed by atoms with van der Waals surface area (Å²) in [5.41, 5.74) is 1.86. The van der Waals surface area contributed by atoms with E-state index in [1.54, 1.807) is 0 Å². The average molecular weight is 336 g/mol. The first-order chi connectivity index (χ1) is 11.2. The standard InChI is InChI=1S/C18H19F3N2O/c1-13-3-5-14(6-4-13)11-23(2)12-17(24)22-16-9-7-15(8-10-16)18(19,20)21/h3-10H,11-12H2,1-2H3,(H,22,24). The van der Waals surface area contributed by atoms with E-state index in [0.29, 0.717) is 12.2 Å². The van der Waals surface area contributed by atoms with Crippen molar-refractivity contribution in [1.29, 1.82) is 0 Å². The predicted molar refractivity (Wildman–Crippen MR) is 87.6 cm³/mol. The summed E-state index contributed by atoms with van der Waals surface area (Å²) in [4.78, 5) is 13.8. The minimum absolute atomic E-state index is 0.148. The molecule has 0 saturated heterocycles. The quantitative estimate of drug-likeness (QED) is 0.892. The lowest BCUT2D eigenvalue weighted by Crippen LogP contribution is -2.29. The van der Waals surface area contributed by atoms with Gasteiger partial charge >= 0.3 is 6.18 Å². The highest BCUT2D eigenvalue weighted by Crippen LogP contribution is 2.29. The largest absolute Gasteiger partial charge is 0.416 e. The Kier molecular flexibility index (Phi) is 5.62. The third kappa shape index (κ3) is 5.38. The molecular formula is C18H19F3N2O. The van der Waals surface area contributed by atoms with Crippen molar-refractivity contribution in [1.82, 2.24) is 4.90 Å². The molecule has 2 rings (SSSR count). The molecule has 3 nitrogen and oxygen atoms in total. The van der Waals surface area contributed by atoms with Crippen molar-refractivity contribution >= 4 is 11.6 Å². The van der Waals surface area contributed by atoms with Gasteiger partial charge in [-0.3, -0.25) is 9.69 Å². The van der Waals surface area contributed by atoms with Crippen molar-refractivity contribution in [3.63, 3.8) is 0 Å². The van der Waals surface area contributed by atoms with Crippen LogP contribution in [-0.4, -0.2) is 24.4 Å². The van der Waals surface area contributed by atoms with Crippen LogP contribution in [0.3, 0.4) is 0 Å². The molecule has 0 spiro atoms. The topological polar surface area (TPSA) is 32.3 Å². The average Bonchev–Trinajstić information content (AvgIpc) is 2.49. The molecule has 24 heavy (non-hydrogen) atoms. The highest BCUT2D eigenvalue weighted by Gasteiger charge is 2.29. The molecule has 0 aliphatic carbocycles. The molecule has 1 N–H and O–H groups in total. The number of halogens is 3. The van der Waals surface area contributed by atoms with E-state index in [-0.39, 0.29) is 12.5 Å². The van der Waals surface area contributed by atoms with E-state index < -0.39 is 11.7 Å². The summed E-state index contributed by atoms with van der Waals surface area (Å²) in [6, 6.07) is 12.4. The summed E-state index contributed by atoms with van der Waals surface area (Å²) in [6.45, 7) is 2.76. The molecule has 0 bridgehead atoms. The Labute approximate surface area is 139 Å². The zero-order valence-corrected chi connectivity index (χ0v) is 13.5. The fraction of sp³-hybridized carbons (Fsp3) is 0.278. The molecule has 0 saturated carbocycles. The molecule has 0 radical (unpaired) electrons. The van der Waals surface area contributed by atoms with Gasteiger partial charge in [0.25, 0.3) is 0 Å². The van der Waals surface area contributed by atoms with Crippen LogP contribution in [-0.2, 0) is 17.5 Å². The number of alkyl halides is 3. The normalized spacial score (nSPS) is 11.6. The molecule has 2 aromatic carbocycles. The maximum Gasteiger partial charge on any atom is 0.416 e. The molecular weight excluding hydrogens is 317 g/mol. The number of carbonyl (C=O) groups is 1. The minimum Gasteiger partial charge on any atom is -0.325 e. The van der Waals surface area contributed by atoms with Crippen molar-refractivity contribution in [3.8, 4) is 0 Å². The predicted octanol–water partition coefficient (Wildman–Crippen LogP) is 4.08. The van der Waals surface area contributed by atoms with Gasteiger partial charge in [0, 0.05) is 12.2 Å². The number of carbonyl (C=O) groups excluding carboxylic acids is 1. The number of aryl methyl sites for hydroxylation is 1. The molecule has 128 valence electrons. The Hall–Kier alpha value is -2.34. The number of nitrogens with zero attached hydrogens (tertiary/aromatic N) is 1. The van der Waals surface area contributed by atoms with Crippen LogP contribution in [0.2, 0.25) is 0 Å². The number of rotatable bonds is 5. The van der Waals surface area contributed by atoms with E-state index in [4.69, 9.17) is 0 Å². The summed E-state index contributed by atoms with van der Waals surface area (Å²) in [6.07, 6.45) is -4.38. The lowest BCUT2D eigenvalue weighted by atomic mass is 10.1. The molecule has 2 aromatic rings. The maximum absolute atomic E-state index is 12.5. The number of nitrogens with one attached hydrogen (secondary N) is 1. The van der Waals surface area contributed by atoms with Crippen LogP contribution in [0.5, 0.6) is 0 Å². The van der Waals surface area contributed by atoms with Crippen LogP contribution in [0.15, 0.2) is 48.5 Å². The number of hydrogen-bond donors (Lipinski definition) is 1. The highest BCUT2D eigenvalue weighted by molar-refractivity contribution is 5.92.